The number of anilines is 1. The summed E-state index contributed by atoms with van der Waals surface area (Å²) in [6, 6.07) is 9.36. The molecule has 1 atom stereocenters. The summed E-state index contributed by atoms with van der Waals surface area (Å²) in [5.41, 5.74) is 0.675. The van der Waals surface area contributed by atoms with E-state index in [9.17, 15) is 9.59 Å². The maximum absolute atomic E-state index is 12.5. The Bertz CT molecular complexity index is 767. The molecule has 7 heteroatoms. The van der Waals surface area contributed by atoms with Crippen LogP contribution in [0.5, 0.6) is 0 Å². The Labute approximate surface area is 151 Å². The Morgan fingerprint density at radius 2 is 2.04 bits per heavy atom. The molecule has 0 spiro atoms. The number of carbonyl (C=O) groups excluding carboxylic acids is 2. The van der Waals surface area contributed by atoms with Crippen LogP contribution in [0, 0.1) is 5.92 Å². The highest BCUT2D eigenvalue weighted by Crippen LogP contribution is 2.26. The van der Waals surface area contributed by atoms with Gasteiger partial charge in [0.05, 0.1) is 5.92 Å². The number of likely N-dealkylation sites (tertiary alicyclic amines) is 1. The second-order valence-electron chi connectivity index (χ2n) is 6.18. The number of rotatable bonds is 5. The number of aromatic nitrogens is 2. The first kappa shape index (κ1) is 17.4. The van der Waals surface area contributed by atoms with Crippen LogP contribution >= 0.6 is 11.8 Å². The van der Waals surface area contributed by atoms with Crippen molar-refractivity contribution in [3.8, 4) is 0 Å². The van der Waals surface area contributed by atoms with Crippen molar-refractivity contribution in [2.45, 2.75) is 36.4 Å². The van der Waals surface area contributed by atoms with Crippen LogP contribution < -0.4 is 5.32 Å². The lowest BCUT2D eigenvalue weighted by molar-refractivity contribution is -0.129. The van der Waals surface area contributed by atoms with E-state index in [2.05, 4.69) is 15.3 Å². The lowest BCUT2D eigenvalue weighted by Gasteiger charge is -2.20. The van der Waals surface area contributed by atoms with Crippen LogP contribution in [0.15, 0.2) is 52.8 Å². The number of nitrogens with zero attached hydrogens (tertiary/aromatic N) is 3. The summed E-state index contributed by atoms with van der Waals surface area (Å²) in [4.78, 5) is 34.7. The van der Waals surface area contributed by atoms with E-state index in [0.29, 0.717) is 12.2 Å². The van der Waals surface area contributed by atoms with Crippen molar-refractivity contribution in [3.05, 3.63) is 42.7 Å². The van der Waals surface area contributed by atoms with Crippen molar-refractivity contribution in [1.29, 1.82) is 0 Å². The fraction of sp³-hybridized carbons (Fsp3) is 0.333. The topological polar surface area (TPSA) is 75.2 Å². The van der Waals surface area contributed by atoms with Crippen LogP contribution in [-0.4, -0.2) is 39.3 Å². The molecular formula is C18H20N4O2S. The van der Waals surface area contributed by atoms with Gasteiger partial charge in [0, 0.05) is 37.1 Å². The van der Waals surface area contributed by atoms with E-state index in [0.717, 1.165) is 10.1 Å². The molecule has 0 aliphatic carbocycles. The Morgan fingerprint density at radius 1 is 1.24 bits per heavy atom. The molecule has 1 N–H and O–H groups in total. The molecule has 130 valence electrons. The van der Waals surface area contributed by atoms with Gasteiger partial charge in [0.15, 0.2) is 0 Å². The van der Waals surface area contributed by atoms with Crippen molar-refractivity contribution >= 4 is 29.3 Å². The van der Waals surface area contributed by atoms with E-state index in [1.807, 2.05) is 38.1 Å². The number of hydrogen-bond acceptors (Lipinski definition) is 5. The van der Waals surface area contributed by atoms with Crippen molar-refractivity contribution in [2.75, 3.05) is 11.9 Å². The van der Waals surface area contributed by atoms with Gasteiger partial charge in [-0.05, 0) is 38.1 Å². The normalized spacial score (nSPS) is 17.2. The Hall–Kier alpha value is -2.41. The van der Waals surface area contributed by atoms with Crippen molar-refractivity contribution < 1.29 is 9.59 Å². The molecule has 1 unspecified atom stereocenters. The first-order valence-electron chi connectivity index (χ1n) is 8.18. The highest BCUT2D eigenvalue weighted by molar-refractivity contribution is 7.99. The number of carbonyl (C=O) groups is 2. The van der Waals surface area contributed by atoms with Gasteiger partial charge < -0.3 is 10.2 Å². The lowest BCUT2D eigenvalue weighted by atomic mass is 10.1. The second kappa shape index (κ2) is 7.65. The van der Waals surface area contributed by atoms with Crippen LogP contribution in [0.3, 0.4) is 0 Å². The van der Waals surface area contributed by atoms with Crippen molar-refractivity contribution in [2.24, 2.45) is 5.92 Å². The standard InChI is InChI=1S/C18H20N4O2S/c1-12(2)22-11-13(9-17(22)23)18(24)21-14-6-8-20-16(10-14)25-15-5-3-4-7-19-15/h3-8,10,12-13H,9,11H2,1-2H3,(H,20,21,24). The monoisotopic (exact) mass is 356 g/mol. The highest BCUT2D eigenvalue weighted by atomic mass is 32.2. The SMILES string of the molecule is CC(C)N1CC(C(=O)Nc2ccnc(Sc3ccccn3)c2)CC1=O. The van der Waals surface area contributed by atoms with Gasteiger partial charge in [-0.2, -0.15) is 0 Å². The van der Waals surface area contributed by atoms with E-state index < -0.39 is 0 Å². The van der Waals surface area contributed by atoms with Crippen molar-refractivity contribution in [1.82, 2.24) is 14.9 Å². The number of amides is 2. The molecule has 1 aliphatic rings. The van der Waals surface area contributed by atoms with Gasteiger partial charge in [0.1, 0.15) is 10.1 Å². The minimum Gasteiger partial charge on any atom is -0.339 e. The molecule has 0 aromatic carbocycles. The largest absolute Gasteiger partial charge is 0.339 e. The van der Waals surface area contributed by atoms with Crippen LogP contribution in [-0.2, 0) is 9.59 Å². The second-order valence-corrected chi connectivity index (χ2v) is 7.22. The summed E-state index contributed by atoms with van der Waals surface area (Å²) >= 11 is 1.43. The zero-order chi connectivity index (χ0) is 17.8. The molecule has 3 heterocycles. The minimum absolute atomic E-state index is 0.0382. The summed E-state index contributed by atoms with van der Waals surface area (Å²) in [6.45, 7) is 4.40. The average Bonchev–Trinajstić information content (AvgIpc) is 2.98. The van der Waals surface area contributed by atoms with Gasteiger partial charge in [-0.3, -0.25) is 9.59 Å². The molecule has 0 bridgehead atoms. The fourth-order valence-electron chi connectivity index (χ4n) is 2.71. The summed E-state index contributed by atoms with van der Waals surface area (Å²) in [5.74, 6) is -0.400. The van der Waals surface area contributed by atoms with Gasteiger partial charge in [-0.1, -0.05) is 17.8 Å². The third-order valence-corrected chi connectivity index (χ3v) is 4.88. The van der Waals surface area contributed by atoms with Crippen LogP contribution in [0.2, 0.25) is 0 Å². The summed E-state index contributed by atoms with van der Waals surface area (Å²) in [6.07, 6.45) is 3.65. The van der Waals surface area contributed by atoms with Gasteiger partial charge in [-0.25, -0.2) is 9.97 Å². The molecule has 1 fully saturated rings. The number of hydrogen-bond donors (Lipinski definition) is 1. The van der Waals surface area contributed by atoms with Crippen LogP contribution in [0.4, 0.5) is 5.69 Å². The summed E-state index contributed by atoms with van der Waals surface area (Å²) < 4.78 is 0. The van der Waals surface area contributed by atoms with E-state index in [1.54, 1.807) is 23.4 Å². The predicted octanol–water partition coefficient (Wildman–Crippen LogP) is 2.82. The fourth-order valence-corrected chi connectivity index (χ4v) is 3.48. The molecule has 0 saturated carbocycles. The van der Waals surface area contributed by atoms with Crippen LogP contribution in [0.1, 0.15) is 20.3 Å². The highest BCUT2D eigenvalue weighted by Gasteiger charge is 2.35. The maximum atomic E-state index is 12.5. The average molecular weight is 356 g/mol. The molecule has 25 heavy (non-hydrogen) atoms. The quantitative estimate of drug-likeness (QED) is 0.892. The molecule has 0 radical (unpaired) electrons. The zero-order valence-corrected chi connectivity index (χ0v) is 15.0. The van der Waals surface area contributed by atoms with Gasteiger partial charge in [0.25, 0.3) is 0 Å². The smallest absolute Gasteiger partial charge is 0.229 e. The lowest BCUT2D eigenvalue weighted by Crippen LogP contribution is -2.33. The third kappa shape index (κ3) is 4.36. The molecule has 6 nitrogen and oxygen atoms in total. The Kier molecular flexibility index (Phi) is 5.33. The first-order chi connectivity index (χ1) is 12.0. The van der Waals surface area contributed by atoms with Gasteiger partial charge >= 0.3 is 0 Å². The third-order valence-electron chi connectivity index (χ3n) is 4.00. The molecule has 3 rings (SSSR count). The van der Waals surface area contributed by atoms with E-state index in [4.69, 9.17) is 0 Å². The zero-order valence-electron chi connectivity index (χ0n) is 14.2. The molecule has 1 saturated heterocycles. The molecular weight excluding hydrogens is 336 g/mol. The minimum atomic E-state index is -0.310. The van der Waals surface area contributed by atoms with E-state index in [1.165, 1.54) is 11.8 Å². The molecule has 2 aromatic rings. The van der Waals surface area contributed by atoms with E-state index >= 15 is 0 Å². The Morgan fingerprint density at radius 3 is 2.72 bits per heavy atom. The number of pyridine rings is 2. The summed E-state index contributed by atoms with van der Waals surface area (Å²) in [7, 11) is 0. The van der Waals surface area contributed by atoms with Gasteiger partial charge in [0.2, 0.25) is 11.8 Å². The van der Waals surface area contributed by atoms with Crippen molar-refractivity contribution in [3.63, 3.8) is 0 Å². The maximum Gasteiger partial charge on any atom is 0.229 e. The number of nitrogens with one attached hydrogen (secondary N) is 1. The predicted molar refractivity (Wildman–Crippen MR) is 96.2 cm³/mol. The molecule has 2 aromatic heterocycles. The molecule has 2 amide bonds. The summed E-state index contributed by atoms with van der Waals surface area (Å²) in [5, 5.41) is 4.49. The Balaban J connectivity index is 1.64. The van der Waals surface area contributed by atoms with E-state index in [-0.39, 0.29) is 30.2 Å². The van der Waals surface area contributed by atoms with Gasteiger partial charge in [-0.15, -0.1) is 0 Å². The van der Waals surface area contributed by atoms with Crippen LogP contribution in [0.25, 0.3) is 0 Å². The molecule has 1 aliphatic heterocycles. The first-order valence-corrected chi connectivity index (χ1v) is 9.00.